The van der Waals surface area contributed by atoms with Crippen LogP contribution in [0.1, 0.15) is 54.9 Å². The summed E-state index contributed by atoms with van der Waals surface area (Å²) in [5.41, 5.74) is 0.849. The molecule has 0 bridgehead atoms. The Hall–Kier alpha value is -3.19. The Kier molecular flexibility index (Phi) is 13.2. The molecule has 0 radical (unpaired) electrons. The highest BCUT2D eigenvalue weighted by molar-refractivity contribution is 6.33. The van der Waals surface area contributed by atoms with Crippen LogP contribution in [0.2, 0.25) is 5.02 Å². The van der Waals surface area contributed by atoms with Gasteiger partial charge in [-0.05, 0) is 54.5 Å². The van der Waals surface area contributed by atoms with E-state index in [0.29, 0.717) is 34.3 Å². The van der Waals surface area contributed by atoms with E-state index in [9.17, 15) is 9.59 Å². The lowest BCUT2D eigenvalue weighted by molar-refractivity contribution is -0.131. The number of ether oxygens (including phenoxy) is 3. The molecule has 0 aliphatic rings. The van der Waals surface area contributed by atoms with Crippen molar-refractivity contribution in [1.29, 1.82) is 0 Å². The van der Waals surface area contributed by atoms with E-state index in [1.165, 1.54) is 46.0 Å². The number of carboxylic acid groups (broad SMARTS) is 2. The molecule has 8 heteroatoms. The number of hydrogen-bond donors (Lipinski definition) is 2. The van der Waals surface area contributed by atoms with Crippen molar-refractivity contribution in [3.63, 3.8) is 0 Å². The van der Waals surface area contributed by atoms with E-state index in [1.54, 1.807) is 36.4 Å². The van der Waals surface area contributed by atoms with E-state index >= 15 is 0 Å². The Bertz CT molecular complexity index is 908. The lowest BCUT2D eigenvalue weighted by Gasteiger charge is -2.10. The van der Waals surface area contributed by atoms with Crippen molar-refractivity contribution in [2.75, 3.05) is 20.8 Å². The minimum absolute atomic E-state index is 0.292. The number of carboxylic acids is 2. The average Bonchev–Trinajstić information content (AvgIpc) is 2.81. The second-order valence-electron chi connectivity index (χ2n) is 6.97. The van der Waals surface area contributed by atoms with Gasteiger partial charge in [-0.2, -0.15) is 0 Å². The number of carbonyl (C=O) groups is 2. The van der Waals surface area contributed by atoms with Crippen molar-refractivity contribution >= 4 is 29.6 Å². The topological polar surface area (TPSA) is 102 Å². The summed E-state index contributed by atoms with van der Waals surface area (Å²) in [7, 11) is 2.97. The first kappa shape index (κ1) is 27.8. The molecule has 0 aliphatic carbocycles. The molecule has 2 N–H and O–H groups in total. The van der Waals surface area contributed by atoms with Gasteiger partial charge in [-0.1, -0.05) is 44.2 Å². The van der Waals surface area contributed by atoms with Crippen LogP contribution in [0.5, 0.6) is 17.2 Å². The summed E-state index contributed by atoms with van der Waals surface area (Å²) in [5.74, 6) is -0.316. The summed E-state index contributed by atoms with van der Waals surface area (Å²) in [6.45, 7) is 2.90. The van der Waals surface area contributed by atoms with Crippen molar-refractivity contribution in [2.45, 2.75) is 39.0 Å². The van der Waals surface area contributed by atoms with Gasteiger partial charge >= 0.3 is 11.9 Å². The standard InChI is InChI=1S/C14H20O3.C11H11ClO4/c1-2-3-4-5-6-11-17-13-9-7-12(8-10-13)14(15)16;1-15-8-5-3-7(4-6-9(13)14)10(12)11(8)16-2/h7-10H,2-6,11H2,1H3,(H,15,16);3-6H,1-2H3,(H,13,14). The Balaban J connectivity index is 0.000000331. The first-order chi connectivity index (χ1) is 15.8. The maximum Gasteiger partial charge on any atom is 0.335 e. The number of aromatic carboxylic acids is 1. The highest BCUT2D eigenvalue weighted by Crippen LogP contribution is 2.37. The number of methoxy groups -OCH3 is 2. The molecular weight excluding hydrogens is 448 g/mol. The highest BCUT2D eigenvalue weighted by Gasteiger charge is 2.11. The van der Waals surface area contributed by atoms with Gasteiger partial charge in [0.25, 0.3) is 0 Å². The number of aliphatic carboxylic acids is 1. The third kappa shape index (κ3) is 10.3. The number of halogens is 1. The van der Waals surface area contributed by atoms with Crippen LogP contribution in [0, 0.1) is 0 Å². The van der Waals surface area contributed by atoms with Crippen molar-refractivity contribution in [3.8, 4) is 17.2 Å². The predicted octanol–water partition coefficient (Wildman–Crippen LogP) is 6.19. The third-order valence-corrected chi connectivity index (χ3v) is 4.93. The van der Waals surface area contributed by atoms with Crippen molar-refractivity contribution in [1.82, 2.24) is 0 Å². The van der Waals surface area contributed by atoms with E-state index in [2.05, 4.69) is 6.92 Å². The molecule has 0 unspecified atom stereocenters. The van der Waals surface area contributed by atoms with Gasteiger partial charge in [-0.15, -0.1) is 0 Å². The maximum absolute atomic E-state index is 10.6. The summed E-state index contributed by atoms with van der Waals surface area (Å²) in [5, 5.41) is 17.6. The second kappa shape index (κ2) is 15.6. The van der Waals surface area contributed by atoms with Crippen molar-refractivity contribution in [3.05, 3.63) is 58.6 Å². The molecular formula is C25H31ClO7. The lowest BCUT2D eigenvalue weighted by atomic mass is 10.2. The first-order valence-corrected chi connectivity index (χ1v) is 11.0. The molecule has 180 valence electrons. The van der Waals surface area contributed by atoms with Crippen molar-refractivity contribution in [2.24, 2.45) is 0 Å². The molecule has 0 spiro atoms. The molecule has 0 aliphatic heterocycles. The molecule has 0 heterocycles. The minimum atomic E-state index is -1.04. The van der Waals surface area contributed by atoms with Crippen molar-refractivity contribution < 1.29 is 34.0 Å². The largest absolute Gasteiger partial charge is 0.494 e. The zero-order valence-corrected chi connectivity index (χ0v) is 19.9. The molecule has 2 rings (SSSR count). The van der Waals surface area contributed by atoms with Crippen LogP contribution in [-0.4, -0.2) is 43.0 Å². The fourth-order valence-electron chi connectivity index (χ4n) is 2.78. The summed E-state index contributed by atoms with van der Waals surface area (Å²) in [6.07, 6.45) is 8.45. The van der Waals surface area contributed by atoms with Gasteiger partial charge in [0.05, 0.1) is 31.4 Å². The molecule has 0 saturated carbocycles. The van der Waals surface area contributed by atoms with Crippen LogP contribution in [0.25, 0.3) is 6.08 Å². The number of unbranched alkanes of at least 4 members (excludes halogenated alkanes) is 4. The van der Waals surface area contributed by atoms with Crippen LogP contribution >= 0.6 is 11.6 Å². The number of benzene rings is 2. The summed E-state index contributed by atoms with van der Waals surface area (Å²) in [4.78, 5) is 21.0. The molecule has 0 fully saturated rings. The first-order valence-electron chi connectivity index (χ1n) is 10.6. The van der Waals surface area contributed by atoms with E-state index in [0.717, 1.165) is 18.2 Å². The second-order valence-corrected chi connectivity index (χ2v) is 7.35. The highest BCUT2D eigenvalue weighted by atomic mass is 35.5. The van der Waals surface area contributed by atoms with Gasteiger partial charge in [0.2, 0.25) is 0 Å². The molecule has 0 atom stereocenters. The van der Waals surface area contributed by atoms with Crippen LogP contribution < -0.4 is 14.2 Å². The average molecular weight is 479 g/mol. The summed E-state index contributed by atoms with van der Waals surface area (Å²) < 4.78 is 15.7. The summed E-state index contributed by atoms with van der Waals surface area (Å²) in [6, 6.07) is 9.85. The molecule has 2 aromatic carbocycles. The molecule has 33 heavy (non-hydrogen) atoms. The molecule has 7 nitrogen and oxygen atoms in total. The zero-order valence-electron chi connectivity index (χ0n) is 19.2. The van der Waals surface area contributed by atoms with E-state index in [-0.39, 0.29) is 0 Å². The van der Waals surface area contributed by atoms with Gasteiger partial charge in [-0.25, -0.2) is 9.59 Å². The van der Waals surface area contributed by atoms with Gasteiger partial charge in [0.15, 0.2) is 11.5 Å². The maximum atomic E-state index is 10.6. The molecule has 0 saturated heterocycles. The van der Waals surface area contributed by atoms with Gasteiger partial charge < -0.3 is 24.4 Å². The van der Waals surface area contributed by atoms with Gasteiger partial charge in [-0.3, -0.25) is 0 Å². The Morgan fingerprint density at radius 3 is 2.15 bits per heavy atom. The zero-order chi connectivity index (χ0) is 24.6. The fourth-order valence-corrected chi connectivity index (χ4v) is 3.08. The molecule has 0 amide bonds. The fraction of sp³-hybridized carbons (Fsp3) is 0.360. The Morgan fingerprint density at radius 2 is 1.61 bits per heavy atom. The lowest BCUT2D eigenvalue weighted by Crippen LogP contribution is -1.99. The monoisotopic (exact) mass is 478 g/mol. The smallest absolute Gasteiger partial charge is 0.335 e. The van der Waals surface area contributed by atoms with Crippen LogP contribution in [0.4, 0.5) is 0 Å². The molecule has 0 aromatic heterocycles. The summed E-state index contributed by atoms with van der Waals surface area (Å²) >= 11 is 6.03. The third-order valence-electron chi connectivity index (χ3n) is 4.54. The van der Waals surface area contributed by atoms with Crippen LogP contribution in [-0.2, 0) is 4.79 Å². The van der Waals surface area contributed by atoms with E-state index in [4.69, 9.17) is 36.0 Å². The predicted molar refractivity (Wildman–Crippen MR) is 129 cm³/mol. The SMILES string of the molecule is CCCCCCCOc1ccc(C(=O)O)cc1.COc1ccc(C=CC(=O)O)c(Cl)c1OC. The van der Waals surface area contributed by atoms with E-state index < -0.39 is 11.9 Å². The number of rotatable bonds is 12. The minimum Gasteiger partial charge on any atom is -0.494 e. The van der Waals surface area contributed by atoms with Gasteiger partial charge in [0.1, 0.15) is 5.75 Å². The van der Waals surface area contributed by atoms with E-state index in [1.807, 2.05) is 0 Å². The van der Waals surface area contributed by atoms with Gasteiger partial charge in [0, 0.05) is 6.08 Å². The van der Waals surface area contributed by atoms with Crippen LogP contribution in [0.15, 0.2) is 42.5 Å². The molecule has 2 aromatic rings. The Morgan fingerprint density at radius 1 is 0.939 bits per heavy atom. The number of hydrogen-bond acceptors (Lipinski definition) is 5. The normalized spacial score (nSPS) is 10.3. The van der Waals surface area contributed by atoms with Crippen LogP contribution in [0.3, 0.4) is 0 Å². The Labute approximate surface area is 199 Å². The quantitative estimate of drug-likeness (QED) is 0.277.